The van der Waals surface area contributed by atoms with Crippen molar-refractivity contribution in [1.82, 2.24) is 0 Å². The molecule has 0 aromatic heterocycles. The predicted octanol–water partition coefficient (Wildman–Crippen LogP) is 10.4. The van der Waals surface area contributed by atoms with Gasteiger partial charge in [-0.1, -0.05) is 155 Å². The first-order chi connectivity index (χ1) is 32.4. The van der Waals surface area contributed by atoms with Crippen molar-refractivity contribution in [2.45, 2.75) is 198 Å². The Morgan fingerprint density at radius 3 is 1.24 bits per heavy atom. The SMILES string of the molecule is CC/C=C\C/C=C\C/C=C\C/C=C\C/C=C\CCCCCC(=O)OC(COC(=O)CCCCCCCC/C=C\C/C=C\C/C=C\C/C=C\CC)COP(=O)(O)OC1C(O)C(O)C(O)C(O)C1O. The van der Waals surface area contributed by atoms with Crippen molar-refractivity contribution in [2.24, 2.45) is 0 Å². The fraction of sp³-hybridized carbons (Fsp3) is 0.623. The molecule has 13 nitrogen and oxygen atoms in total. The molecule has 1 fully saturated rings. The molecule has 1 aliphatic carbocycles. The van der Waals surface area contributed by atoms with E-state index in [0.717, 1.165) is 116 Å². The van der Waals surface area contributed by atoms with Gasteiger partial charge in [0.05, 0.1) is 6.61 Å². The van der Waals surface area contributed by atoms with E-state index in [-0.39, 0.29) is 12.8 Å². The van der Waals surface area contributed by atoms with Crippen LogP contribution in [0.5, 0.6) is 0 Å². The normalized spacial score (nSPS) is 22.1. The zero-order valence-electron chi connectivity index (χ0n) is 40.4. The van der Waals surface area contributed by atoms with Crippen molar-refractivity contribution in [3.63, 3.8) is 0 Å². The molecule has 6 unspecified atom stereocenters. The first kappa shape index (κ1) is 61.5. The molecular weight excluding hydrogens is 876 g/mol. The van der Waals surface area contributed by atoms with E-state index in [1.807, 2.05) is 0 Å². The van der Waals surface area contributed by atoms with Crippen LogP contribution in [0.1, 0.15) is 155 Å². The Morgan fingerprint density at radius 2 is 0.806 bits per heavy atom. The van der Waals surface area contributed by atoms with Crippen molar-refractivity contribution >= 4 is 19.8 Å². The highest BCUT2D eigenvalue weighted by atomic mass is 31.2. The molecule has 380 valence electrons. The highest BCUT2D eigenvalue weighted by Gasteiger charge is 2.51. The summed E-state index contributed by atoms with van der Waals surface area (Å²) >= 11 is 0. The first-order valence-corrected chi connectivity index (χ1v) is 26.2. The number of hydrogen-bond donors (Lipinski definition) is 6. The van der Waals surface area contributed by atoms with Crippen LogP contribution in [0.2, 0.25) is 0 Å². The monoisotopic (exact) mass is 961 g/mol. The molecule has 0 spiro atoms. The number of rotatable bonds is 39. The number of aliphatic hydroxyl groups excluding tert-OH is 5. The molecule has 0 bridgehead atoms. The second-order valence-electron chi connectivity index (χ2n) is 16.6. The molecule has 1 rings (SSSR count). The molecule has 6 N–H and O–H groups in total. The second-order valence-corrected chi connectivity index (χ2v) is 18.0. The average Bonchev–Trinajstić information content (AvgIpc) is 3.31. The van der Waals surface area contributed by atoms with E-state index in [1.165, 1.54) is 0 Å². The lowest BCUT2D eigenvalue weighted by atomic mass is 9.85. The van der Waals surface area contributed by atoms with E-state index < -0.39 is 75.7 Å². The zero-order valence-corrected chi connectivity index (χ0v) is 41.3. The Balaban J connectivity index is 2.47. The van der Waals surface area contributed by atoms with Gasteiger partial charge in [0.1, 0.15) is 43.2 Å². The quantitative estimate of drug-likeness (QED) is 0.0147. The maximum atomic E-state index is 12.8. The zero-order chi connectivity index (χ0) is 49.2. The molecule has 0 aromatic rings. The third kappa shape index (κ3) is 33.6. The molecule has 0 amide bonds. The van der Waals surface area contributed by atoms with Gasteiger partial charge in [0, 0.05) is 12.8 Å². The van der Waals surface area contributed by atoms with E-state index in [0.29, 0.717) is 12.8 Å². The van der Waals surface area contributed by atoms with Gasteiger partial charge < -0.3 is 39.9 Å². The van der Waals surface area contributed by atoms with Gasteiger partial charge in [-0.3, -0.25) is 18.6 Å². The third-order valence-corrected chi connectivity index (χ3v) is 11.6. The van der Waals surface area contributed by atoms with E-state index in [9.17, 15) is 44.6 Å². The topological polar surface area (TPSA) is 210 Å². The van der Waals surface area contributed by atoms with Crippen LogP contribution < -0.4 is 0 Å². The Morgan fingerprint density at radius 1 is 0.463 bits per heavy atom. The van der Waals surface area contributed by atoms with Gasteiger partial charge in [-0.15, -0.1) is 0 Å². The van der Waals surface area contributed by atoms with E-state index >= 15 is 0 Å². The molecule has 67 heavy (non-hydrogen) atoms. The number of allylic oxidation sites excluding steroid dienone is 18. The van der Waals surface area contributed by atoms with Crippen molar-refractivity contribution in [3.05, 3.63) is 109 Å². The van der Waals surface area contributed by atoms with Gasteiger partial charge in [-0.25, -0.2) is 4.57 Å². The number of aliphatic hydroxyl groups is 5. The van der Waals surface area contributed by atoms with E-state index in [4.69, 9.17) is 18.5 Å². The third-order valence-electron chi connectivity index (χ3n) is 10.6. The summed E-state index contributed by atoms with van der Waals surface area (Å²) in [4.78, 5) is 35.8. The van der Waals surface area contributed by atoms with Crippen LogP contribution in [0.15, 0.2) is 109 Å². The van der Waals surface area contributed by atoms with Crippen LogP contribution in [0, 0.1) is 0 Å². The van der Waals surface area contributed by atoms with Crippen molar-refractivity contribution in [1.29, 1.82) is 0 Å². The highest BCUT2D eigenvalue weighted by molar-refractivity contribution is 7.47. The van der Waals surface area contributed by atoms with Crippen LogP contribution in [0.4, 0.5) is 0 Å². The summed E-state index contributed by atoms with van der Waals surface area (Å²) in [6.45, 7) is 3.03. The molecule has 1 saturated carbocycles. The molecular formula is C53H85O13P. The minimum atomic E-state index is -5.14. The molecule has 1 aliphatic rings. The lowest BCUT2D eigenvalue weighted by Gasteiger charge is -2.41. The van der Waals surface area contributed by atoms with Crippen LogP contribution >= 0.6 is 7.82 Å². The maximum absolute atomic E-state index is 12.8. The van der Waals surface area contributed by atoms with Gasteiger partial charge in [0.2, 0.25) is 0 Å². The number of hydrogen-bond acceptors (Lipinski definition) is 12. The fourth-order valence-corrected chi connectivity index (χ4v) is 7.69. The van der Waals surface area contributed by atoms with Gasteiger partial charge in [0.25, 0.3) is 0 Å². The summed E-state index contributed by atoms with van der Waals surface area (Å²) in [6, 6.07) is 0. The highest BCUT2D eigenvalue weighted by Crippen LogP contribution is 2.47. The lowest BCUT2D eigenvalue weighted by Crippen LogP contribution is -2.64. The minimum absolute atomic E-state index is 0.0470. The number of phosphoric ester groups is 1. The summed E-state index contributed by atoms with van der Waals surface area (Å²) in [5.74, 6) is -1.16. The maximum Gasteiger partial charge on any atom is 0.472 e. The number of phosphoric acid groups is 1. The standard InChI is InChI=1S/C53H85O13P/c1-3-5-7-9-11-13-15-17-19-21-23-25-27-29-31-33-35-37-39-41-46(54)63-43-45(44-64-67(61,62)66-53-51(59)49(57)48(56)50(58)52(53)60)65-47(55)42-40-38-36-34-32-30-28-26-24-22-20-18-16-14-12-10-8-6-4-2/h5-8,11-14,17-20,23-26,30,32,45,48-53,56-60H,3-4,9-10,15-16,21-22,27-29,31,33-44H2,1-2H3,(H,61,62)/b7-5-,8-6-,13-11-,14-12-,19-17-,20-18-,25-23-,26-24-,32-30-. The summed E-state index contributed by atoms with van der Waals surface area (Å²) in [5, 5.41) is 50.2. The van der Waals surface area contributed by atoms with Gasteiger partial charge in [0.15, 0.2) is 6.10 Å². The Bertz CT molecular complexity index is 1580. The van der Waals surface area contributed by atoms with Crippen LogP contribution in [0.25, 0.3) is 0 Å². The Hall–Kier alpha value is -3.49. The van der Waals surface area contributed by atoms with Crippen molar-refractivity contribution < 1.29 is 63.1 Å². The lowest BCUT2D eigenvalue weighted by molar-refractivity contribution is -0.220. The van der Waals surface area contributed by atoms with Gasteiger partial charge >= 0.3 is 19.8 Å². The number of carbonyl (C=O) groups is 2. The fourth-order valence-electron chi connectivity index (χ4n) is 6.72. The minimum Gasteiger partial charge on any atom is -0.462 e. The summed E-state index contributed by atoms with van der Waals surface area (Å²) in [6.07, 6.45) is 44.1. The van der Waals surface area contributed by atoms with Crippen LogP contribution in [-0.4, -0.2) is 98.3 Å². The van der Waals surface area contributed by atoms with Crippen molar-refractivity contribution in [2.75, 3.05) is 13.2 Å². The largest absolute Gasteiger partial charge is 0.472 e. The molecule has 0 heterocycles. The Labute approximate surface area is 402 Å². The Kier molecular flexibility index (Phi) is 38.1. The number of esters is 2. The summed E-state index contributed by atoms with van der Waals surface area (Å²) in [5.41, 5.74) is 0. The predicted molar refractivity (Wildman–Crippen MR) is 267 cm³/mol. The van der Waals surface area contributed by atoms with Crippen molar-refractivity contribution in [3.8, 4) is 0 Å². The molecule has 0 radical (unpaired) electrons. The molecule has 0 aromatic carbocycles. The van der Waals surface area contributed by atoms with Gasteiger partial charge in [-0.2, -0.15) is 0 Å². The number of ether oxygens (including phenoxy) is 2. The smallest absolute Gasteiger partial charge is 0.462 e. The average molecular weight is 961 g/mol. The molecule has 0 aliphatic heterocycles. The van der Waals surface area contributed by atoms with Crippen LogP contribution in [-0.2, 0) is 32.7 Å². The van der Waals surface area contributed by atoms with Gasteiger partial charge in [-0.05, 0) is 96.3 Å². The summed E-state index contributed by atoms with van der Waals surface area (Å²) < 4.78 is 33.6. The first-order valence-electron chi connectivity index (χ1n) is 24.7. The molecule has 14 heteroatoms. The van der Waals surface area contributed by atoms with Crippen LogP contribution in [0.3, 0.4) is 0 Å². The second kappa shape index (κ2) is 41.5. The molecule has 0 saturated heterocycles. The summed E-state index contributed by atoms with van der Waals surface area (Å²) in [7, 11) is -5.14. The number of carbonyl (C=O) groups excluding carboxylic acids is 2. The van der Waals surface area contributed by atoms with E-state index in [1.54, 1.807) is 0 Å². The number of unbranched alkanes of at least 4 members (excludes halogenated alkanes) is 9. The molecule has 6 atom stereocenters. The van der Waals surface area contributed by atoms with E-state index in [2.05, 4.69) is 123 Å².